The summed E-state index contributed by atoms with van der Waals surface area (Å²) in [6.45, 7) is 5.56. The van der Waals surface area contributed by atoms with Crippen molar-refractivity contribution in [3.05, 3.63) is 36.0 Å². The molecule has 0 spiro atoms. The van der Waals surface area contributed by atoms with Crippen LogP contribution in [-0.2, 0) is 20.0 Å². The molecular weight excluding hydrogens is 292 g/mol. The predicted molar refractivity (Wildman–Crippen MR) is 87.9 cm³/mol. The molecule has 1 unspecified atom stereocenters. The monoisotopic (exact) mass is 316 g/mol. The highest BCUT2D eigenvalue weighted by Crippen LogP contribution is 2.20. The Morgan fingerprint density at radius 3 is 3.13 bits per heavy atom. The van der Waals surface area contributed by atoms with Crippen molar-refractivity contribution in [2.75, 3.05) is 19.6 Å². The van der Waals surface area contributed by atoms with Gasteiger partial charge in [0.25, 0.3) is 0 Å². The van der Waals surface area contributed by atoms with Crippen LogP contribution < -0.4 is 5.32 Å². The maximum atomic E-state index is 4.86. The summed E-state index contributed by atoms with van der Waals surface area (Å²) >= 11 is 0. The van der Waals surface area contributed by atoms with Gasteiger partial charge < -0.3 is 14.7 Å². The average molecular weight is 316 g/mol. The Morgan fingerprint density at radius 2 is 2.43 bits per heavy atom. The fourth-order valence-corrected chi connectivity index (χ4v) is 3.00. The van der Waals surface area contributed by atoms with Crippen LogP contribution in [0.2, 0.25) is 0 Å². The second-order valence-electron chi connectivity index (χ2n) is 5.99. The molecule has 0 radical (unpaired) electrons. The highest BCUT2D eigenvalue weighted by molar-refractivity contribution is 5.80. The van der Waals surface area contributed by atoms with Gasteiger partial charge in [0.05, 0.1) is 12.7 Å². The van der Waals surface area contributed by atoms with E-state index in [1.165, 1.54) is 12.0 Å². The summed E-state index contributed by atoms with van der Waals surface area (Å²) in [5, 5.41) is 11.5. The van der Waals surface area contributed by atoms with Crippen LogP contribution in [0.5, 0.6) is 0 Å². The zero-order chi connectivity index (χ0) is 16.1. The smallest absolute Gasteiger partial charge is 0.194 e. The Kier molecular flexibility index (Phi) is 4.95. The van der Waals surface area contributed by atoms with Gasteiger partial charge in [0.1, 0.15) is 12.0 Å². The van der Waals surface area contributed by atoms with Crippen molar-refractivity contribution in [1.82, 2.24) is 25.2 Å². The SMILES string of the molecule is CCNC(=NCc1ccon1)N1CCC(Cc2cnn(C)c2)C1. The van der Waals surface area contributed by atoms with E-state index < -0.39 is 0 Å². The zero-order valence-electron chi connectivity index (χ0n) is 13.8. The molecule has 1 fully saturated rings. The lowest BCUT2D eigenvalue weighted by atomic mass is 10.0. The maximum Gasteiger partial charge on any atom is 0.194 e. The summed E-state index contributed by atoms with van der Waals surface area (Å²) < 4.78 is 6.72. The Labute approximate surface area is 136 Å². The first-order valence-electron chi connectivity index (χ1n) is 8.14. The number of hydrogen-bond donors (Lipinski definition) is 1. The highest BCUT2D eigenvalue weighted by atomic mass is 16.5. The van der Waals surface area contributed by atoms with Gasteiger partial charge in [0.2, 0.25) is 0 Å². The van der Waals surface area contributed by atoms with Crippen LogP contribution in [0.4, 0.5) is 0 Å². The van der Waals surface area contributed by atoms with Crippen LogP contribution in [0.25, 0.3) is 0 Å². The standard InChI is InChI=1S/C16H24N6O/c1-3-17-16(18-10-15-5-7-23-20-15)22-6-4-13(12-22)8-14-9-19-21(2)11-14/h5,7,9,11,13H,3-4,6,8,10,12H2,1-2H3,(H,17,18). The molecule has 0 aromatic carbocycles. The minimum absolute atomic E-state index is 0.544. The molecule has 1 saturated heterocycles. The lowest BCUT2D eigenvalue weighted by Gasteiger charge is -2.21. The van der Waals surface area contributed by atoms with Gasteiger partial charge in [-0.1, -0.05) is 5.16 Å². The van der Waals surface area contributed by atoms with Crippen molar-refractivity contribution in [3.8, 4) is 0 Å². The second kappa shape index (κ2) is 7.30. The van der Waals surface area contributed by atoms with E-state index in [1.54, 1.807) is 6.26 Å². The van der Waals surface area contributed by atoms with Crippen LogP contribution in [0.3, 0.4) is 0 Å². The van der Waals surface area contributed by atoms with E-state index in [0.29, 0.717) is 12.5 Å². The Bertz CT molecular complexity index is 633. The molecule has 1 N–H and O–H groups in total. The van der Waals surface area contributed by atoms with Crippen LogP contribution in [0, 0.1) is 5.92 Å². The van der Waals surface area contributed by atoms with Gasteiger partial charge in [-0.25, -0.2) is 4.99 Å². The maximum absolute atomic E-state index is 4.86. The molecule has 2 aromatic heterocycles. The molecule has 3 rings (SSSR count). The molecule has 0 amide bonds. The fraction of sp³-hybridized carbons (Fsp3) is 0.562. The molecule has 1 atom stereocenters. The molecule has 7 heteroatoms. The molecular formula is C16H24N6O. The summed E-state index contributed by atoms with van der Waals surface area (Å²) in [5.41, 5.74) is 2.16. The third-order valence-corrected chi connectivity index (χ3v) is 4.09. The van der Waals surface area contributed by atoms with Crippen LogP contribution in [0.1, 0.15) is 24.6 Å². The highest BCUT2D eigenvalue weighted by Gasteiger charge is 2.25. The van der Waals surface area contributed by atoms with E-state index >= 15 is 0 Å². The number of aromatic nitrogens is 3. The molecule has 3 heterocycles. The number of guanidine groups is 1. The predicted octanol–water partition coefficient (Wildman–Crippen LogP) is 1.44. The van der Waals surface area contributed by atoms with E-state index in [0.717, 1.165) is 37.7 Å². The van der Waals surface area contributed by atoms with Crippen molar-refractivity contribution < 1.29 is 4.52 Å². The molecule has 2 aromatic rings. The third kappa shape index (κ3) is 4.12. The first kappa shape index (κ1) is 15.6. The quantitative estimate of drug-likeness (QED) is 0.667. The molecule has 0 bridgehead atoms. The molecule has 124 valence electrons. The summed E-state index contributed by atoms with van der Waals surface area (Å²) in [7, 11) is 1.96. The van der Waals surface area contributed by atoms with Crippen molar-refractivity contribution in [2.24, 2.45) is 18.0 Å². The van der Waals surface area contributed by atoms with E-state index in [4.69, 9.17) is 4.52 Å². The normalized spacial score (nSPS) is 18.6. The van der Waals surface area contributed by atoms with Crippen molar-refractivity contribution in [3.63, 3.8) is 0 Å². The number of aliphatic imine (C=N–C) groups is 1. The van der Waals surface area contributed by atoms with E-state index in [-0.39, 0.29) is 0 Å². The first-order valence-corrected chi connectivity index (χ1v) is 8.14. The number of nitrogens with one attached hydrogen (secondary N) is 1. The summed E-state index contributed by atoms with van der Waals surface area (Å²) in [5.74, 6) is 1.61. The number of hydrogen-bond acceptors (Lipinski definition) is 4. The summed E-state index contributed by atoms with van der Waals surface area (Å²) in [6.07, 6.45) is 7.91. The van der Waals surface area contributed by atoms with Gasteiger partial charge in [-0.15, -0.1) is 0 Å². The fourth-order valence-electron chi connectivity index (χ4n) is 3.00. The van der Waals surface area contributed by atoms with Crippen molar-refractivity contribution in [1.29, 1.82) is 0 Å². The van der Waals surface area contributed by atoms with Crippen molar-refractivity contribution >= 4 is 5.96 Å². The topological polar surface area (TPSA) is 71.5 Å². The lowest BCUT2D eigenvalue weighted by molar-refractivity contribution is 0.411. The molecule has 23 heavy (non-hydrogen) atoms. The van der Waals surface area contributed by atoms with E-state index in [2.05, 4.69) is 38.6 Å². The van der Waals surface area contributed by atoms with Crippen LogP contribution >= 0.6 is 0 Å². The summed E-state index contributed by atoms with van der Waals surface area (Å²) in [4.78, 5) is 7.01. The molecule has 1 aliphatic heterocycles. The van der Waals surface area contributed by atoms with Crippen LogP contribution in [0.15, 0.2) is 34.2 Å². The largest absolute Gasteiger partial charge is 0.364 e. The Morgan fingerprint density at radius 1 is 1.52 bits per heavy atom. The first-order chi connectivity index (χ1) is 11.2. The Balaban J connectivity index is 1.59. The minimum Gasteiger partial charge on any atom is -0.364 e. The lowest BCUT2D eigenvalue weighted by Crippen LogP contribution is -2.40. The third-order valence-electron chi connectivity index (χ3n) is 4.09. The van der Waals surface area contributed by atoms with Crippen molar-refractivity contribution in [2.45, 2.75) is 26.3 Å². The second-order valence-corrected chi connectivity index (χ2v) is 5.99. The molecule has 1 aliphatic rings. The number of nitrogens with zero attached hydrogens (tertiary/aromatic N) is 5. The van der Waals surface area contributed by atoms with Gasteiger partial charge in [0, 0.05) is 38.9 Å². The van der Waals surface area contributed by atoms with Gasteiger partial charge in [0.15, 0.2) is 5.96 Å². The van der Waals surface area contributed by atoms with Gasteiger partial charge >= 0.3 is 0 Å². The minimum atomic E-state index is 0.544. The number of aryl methyl sites for hydroxylation is 1. The van der Waals surface area contributed by atoms with Gasteiger partial charge in [-0.3, -0.25) is 4.68 Å². The number of rotatable bonds is 5. The average Bonchev–Trinajstić information content (AvgIpc) is 3.27. The molecule has 0 aliphatic carbocycles. The zero-order valence-corrected chi connectivity index (χ0v) is 13.8. The molecule has 7 nitrogen and oxygen atoms in total. The summed E-state index contributed by atoms with van der Waals surface area (Å²) in [6, 6.07) is 1.85. The van der Waals surface area contributed by atoms with Crippen LogP contribution in [-0.4, -0.2) is 45.4 Å². The van der Waals surface area contributed by atoms with E-state index in [1.807, 2.05) is 24.0 Å². The molecule has 0 saturated carbocycles. The van der Waals surface area contributed by atoms with Gasteiger partial charge in [-0.05, 0) is 31.2 Å². The van der Waals surface area contributed by atoms with E-state index in [9.17, 15) is 0 Å². The number of likely N-dealkylation sites (tertiary alicyclic amines) is 1. The Hall–Kier alpha value is -2.31. The van der Waals surface area contributed by atoms with Gasteiger partial charge in [-0.2, -0.15) is 5.10 Å².